The van der Waals surface area contributed by atoms with E-state index in [-0.39, 0.29) is 5.91 Å². The highest BCUT2D eigenvalue weighted by atomic mass is 35.5. The normalized spacial score (nSPS) is 10.7. The molecular formula is C23H19ClN4O. The molecule has 0 aliphatic carbocycles. The SMILES string of the molecule is O=C(NCc1ccccn1)c1cn(Cc2ccccc2)nc1-c1ccc(Cl)cc1. The Bertz CT molecular complexity index is 1090. The van der Waals surface area contributed by atoms with E-state index in [2.05, 4.69) is 15.4 Å². The summed E-state index contributed by atoms with van der Waals surface area (Å²) < 4.78 is 1.79. The fraction of sp³-hybridized carbons (Fsp3) is 0.0870. The van der Waals surface area contributed by atoms with Gasteiger partial charge in [-0.15, -0.1) is 0 Å². The van der Waals surface area contributed by atoms with Gasteiger partial charge in [0.2, 0.25) is 0 Å². The van der Waals surface area contributed by atoms with E-state index < -0.39 is 0 Å². The number of benzene rings is 2. The number of hydrogen-bond acceptors (Lipinski definition) is 3. The number of nitrogens with zero attached hydrogens (tertiary/aromatic N) is 3. The molecule has 1 amide bonds. The Kier molecular flexibility index (Phi) is 5.68. The van der Waals surface area contributed by atoms with Crippen LogP contribution in [0, 0.1) is 0 Å². The molecule has 0 atom stereocenters. The highest BCUT2D eigenvalue weighted by molar-refractivity contribution is 6.30. The molecule has 5 nitrogen and oxygen atoms in total. The first-order valence-electron chi connectivity index (χ1n) is 9.24. The molecule has 0 fully saturated rings. The Labute approximate surface area is 174 Å². The van der Waals surface area contributed by atoms with Crippen molar-refractivity contribution < 1.29 is 4.79 Å². The van der Waals surface area contributed by atoms with Crippen molar-refractivity contribution in [2.24, 2.45) is 0 Å². The number of carbonyl (C=O) groups excluding carboxylic acids is 1. The van der Waals surface area contributed by atoms with Gasteiger partial charge in [0.25, 0.3) is 5.91 Å². The van der Waals surface area contributed by atoms with Crippen molar-refractivity contribution in [3.05, 3.63) is 107 Å². The summed E-state index contributed by atoms with van der Waals surface area (Å²) in [5, 5.41) is 8.25. The average Bonchev–Trinajstić information content (AvgIpc) is 3.18. The number of halogens is 1. The average molecular weight is 403 g/mol. The molecular weight excluding hydrogens is 384 g/mol. The molecule has 2 aromatic carbocycles. The predicted octanol–water partition coefficient (Wildman–Crippen LogP) is 4.58. The minimum Gasteiger partial charge on any atom is -0.346 e. The van der Waals surface area contributed by atoms with Gasteiger partial charge in [0, 0.05) is 23.0 Å². The molecule has 4 rings (SSSR count). The summed E-state index contributed by atoms with van der Waals surface area (Å²) >= 11 is 6.02. The fourth-order valence-electron chi connectivity index (χ4n) is 3.03. The van der Waals surface area contributed by atoms with Gasteiger partial charge in [0.15, 0.2) is 0 Å². The van der Waals surface area contributed by atoms with Gasteiger partial charge < -0.3 is 5.32 Å². The molecule has 2 heterocycles. The summed E-state index contributed by atoms with van der Waals surface area (Å²) in [5.41, 5.74) is 3.88. The lowest BCUT2D eigenvalue weighted by Gasteiger charge is -2.05. The van der Waals surface area contributed by atoms with E-state index in [1.165, 1.54) is 0 Å². The van der Waals surface area contributed by atoms with Gasteiger partial charge in [-0.2, -0.15) is 5.10 Å². The highest BCUT2D eigenvalue weighted by Gasteiger charge is 2.18. The number of aromatic nitrogens is 3. The van der Waals surface area contributed by atoms with Crippen molar-refractivity contribution in [2.75, 3.05) is 0 Å². The predicted molar refractivity (Wildman–Crippen MR) is 114 cm³/mol. The van der Waals surface area contributed by atoms with E-state index in [1.807, 2.05) is 60.7 Å². The molecule has 0 unspecified atom stereocenters. The first-order valence-corrected chi connectivity index (χ1v) is 9.62. The Morgan fingerprint density at radius 2 is 1.72 bits per heavy atom. The van der Waals surface area contributed by atoms with Gasteiger partial charge in [0.1, 0.15) is 5.69 Å². The van der Waals surface area contributed by atoms with Crippen LogP contribution in [0.1, 0.15) is 21.6 Å². The minimum atomic E-state index is -0.195. The van der Waals surface area contributed by atoms with Crippen LogP contribution in [-0.4, -0.2) is 20.7 Å². The molecule has 1 N–H and O–H groups in total. The lowest BCUT2D eigenvalue weighted by molar-refractivity contribution is 0.0951. The molecule has 0 bridgehead atoms. The molecule has 0 aliphatic heterocycles. The second-order valence-electron chi connectivity index (χ2n) is 6.59. The van der Waals surface area contributed by atoms with E-state index in [9.17, 15) is 4.79 Å². The van der Waals surface area contributed by atoms with Gasteiger partial charge in [0.05, 0.1) is 24.3 Å². The van der Waals surface area contributed by atoms with Crippen molar-refractivity contribution in [2.45, 2.75) is 13.1 Å². The van der Waals surface area contributed by atoms with E-state index in [1.54, 1.807) is 29.2 Å². The van der Waals surface area contributed by atoms with E-state index in [0.717, 1.165) is 16.8 Å². The molecule has 144 valence electrons. The third-order valence-corrected chi connectivity index (χ3v) is 4.72. The Morgan fingerprint density at radius 1 is 0.966 bits per heavy atom. The highest BCUT2D eigenvalue weighted by Crippen LogP contribution is 2.24. The maximum absolute atomic E-state index is 12.9. The van der Waals surface area contributed by atoms with E-state index in [0.29, 0.717) is 29.4 Å². The largest absolute Gasteiger partial charge is 0.346 e. The molecule has 0 radical (unpaired) electrons. The van der Waals surface area contributed by atoms with Crippen LogP contribution in [0.5, 0.6) is 0 Å². The van der Waals surface area contributed by atoms with Crippen LogP contribution in [0.15, 0.2) is 85.2 Å². The number of nitrogens with one attached hydrogen (secondary N) is 1. The van der Waals surface area contributed by atoms with Crippen LogP contribution in [0.4, 0.5) is 0 Å². The molecule has 2 aromatic heterocycles. The summed E-state index contributed by atoms with van der Waals surface area (Å²) in [4.78, 5) is 17.2. The number of amides is 1. The van der Waals surface area contributed by atoms with Gasteiger partial charge in [-0.3, -0.25) is 14.5 Å². The maximum atomic E-state index is 12.9. The van der Waals surface area contributed by atoms with Gasteiger partial charge >= 0.3 is 0 Å². The second kappa shape index (κ2) is 8.71. The van der Waals surface area contributed by atoms with Gasteiger partial charge in [-0.05, 0) is 29.8 Å². The van der Waals surface area contributed by atoms with Crippen LogP contribution in [0.25, 0.3) is 11.3 Å². The van der Waals surface area contributed by atoms with Crippen LogP contribution in [0.3, 0.4) is 0 Å². The first-order chi connectivity index (χ1) is 14.2. The van der Waals surface area contributed by atoms with Crippen molar-refractivity contribution in [1.29, 1.82) is 0 Å². The molecule has 0 aliphatic rings. The molecule has 6 heteroatoms. The lowest BCUT2D eigenvalue weighted by Crippen LogP contribution is -2.23. The molecule has 4 aromatic rings. The third-order valence-electron chi connectivity index (χ3n) is 4.47. The number of rotatable bonds is 6. The molecule has 0 spiro atoms. The Morgan fingerprint density at radius 3 is 2.45 bits per heavy atom. The van der Waals surface area contributed by atoms with E-state index >= 15 is 0 Å². The number of hydrogen-bond donors (Lipinski definition) is 1. The van der Waals surface area contributed by atoms with Gasteiger partial charge in [-0.25, -0.2) is 0 Å². The van der Waals surface area contributed by atoms with Crippen molar-refractivity contribution in [3.63, 3.8) is 0 Å². The topological polar surface area (TPSA) is 59.8 Å². The number of pyridine rings is 1. The van der Waals surface area contributed by atoms with Crippen molar-refractivity contribution in [3.8, 4) is 11.3 Å². The first kappa shape index (κ1) is 18.9. The maximum Gasteiger partial charge on any atom is 0.255 e. The summed E-state index contributed by atoms with van der Waals surface area (Å²) in [6.45, 7) is 0.929. The zero-order chi connectivity index (χ0) is 20.1. The van der Waals surface area contributed by atoms with Crippen LogP contribution < -0.4 is 5.32 Å². The summed E-state index contributed by atoms with van der Waals surface area (Å²) in [6.07, 6.45) is 3.49. The minimum absolute atomic E-state index is 0.195. The monoisotopic (exact) mass is 402 g/mol. The Balaban J connectivity index is 1.62. The third kappa shape index (κ3) is 4.70. The standard InChI is InChI=1S/C23H19ClN4O/c24-19-11-9-18(10-12-19)22-21(23(29)26-14-20-8-4-5-13-25-20)16-28(27-22)15-17-6-2-1-3-7-17/h1-13,16H,14-15H2,(H,26,29). The van der Waals surface area contributed by atoms with Crippen molar-refractivity contribution >= 4 is 17.5 Å². The smallest absolute Gasteiger partial charge is 0.255 e. The van der Waals surface area contributed by atoms with Crippen LogP contribution in [-0.2, 0) is 13.1 Å². The summed E-state index contributed by atoms with van der Waals surface area (Å²) in [7, 11) is 0. The van der Waals surface area contributed by atoms with Crippen LogP contribution >= 0.6 is 11.6 Å². The quantitative estimate of drug-likeness (QED) is 0.513. The van der Waals surface area contributed by atoms with Crippen LogP contribution in [0.2, 0.25) is 5.02 Å². The molecule has 29 heavy (non-hydrogen) atoms. The number of carbonyl (C=O) groups is 1. The lowest BCUT2D eigenvalue weighted by atomic mass is 10.1. The molecule has 0 saturated carbocycles. The van der Waals surface area contributed by atoms with E-state index in [4.69, 9.17) is 11.6 Å². The second-order valence-corrected chi connectivity index (χ2v) is 7.02. The fourth-order valence-corrected chi connectivity index (χ4v) is 3.15. The Hall–Kier alpha value is -3.44. The summed E-state index contributed by atoms with van der Waals surface area (Å²) in [6, 6.07) is 22.9. The molecule has 0 saturated heterocycles. The zero-order valence-corrected chi connectivity index (χ0v) is 16.4. The zero-order valence-electron chi connectivity index (χ0n) is 15.6. The van der Waals surface area contributed by atoms with Crippen molar-refractivity contribution in [1.82, 2.24) is 20.1 Å². The summed E-state index contributed by atoms with van der Waals surface area (Å²) in [5.74, 6) is -0.195. The van der Waals surface area contributed by atoms with Gasteiger partial charge in [-0.1, -0.05) is 60.1 Å².